The van der Waals surface area contributed by atoms with Crippen LogP contribution in [-0.2, 0) is 13.1 Å². The van der Waals surface area contributed by atoms with Gasteiger partial charge >= 0.3 is 0 Å². The molecule has 0 bridgehead atoms. The Bertz CT molecular complexity index is 735. The number of hydrogen-bond acceptors (Lipinski definition) is 4. The maximum atomic E-state index is 11.6. The van der Waals surface area contributed by atoms with Gasteiger partial charge in [0.25, 0.3) is 0 Å². The fraction of sp³-hybridized carbons (Fsp3) is 0.500. The Morgan fingerprint density at radius 3 is 2.84 bits per heavy atom. The third-order valence-electron chi connectivity index (χ3n) is 3.81. The SMILES string of the molecule is CN=C(NCCCCn1ccccc1=O)NCc1nc(C(C)C)cs1. The van der Waals surface area contributed by atoms with E-state index < -0.39 is 0 Å². The van der Waals surface area contributed by atoms with Crippen molar-refractivity contribution in [2.75, 3.05) is 13.6 Å². The van der Waals surface area contributed by atoms with Crippen LogP contribution in [-0.4, -0.2) is 29.1 Å². The summed E-state index contributed by atoms with van der Waals surface area (Å²) in [5.41, 5.74) is 1.19. The molecular formula is C18H27N5OS. The minimum absolute atomic E-state index is 0.0529. The van der Waals surface area contributed by atoms with E-state index in [-0.39, 0.29) is 5.56 Å². The highest BCUT2D eigenvalue weighted by atomic mass is 32.1. The predicted molar refractivity (Wildman–Crippen MR) is 104 cm³/mol. The number of guanidine groups is 1. The van der Waals surface area contributed by atoms with E-state index in [9.17, 15) is 4.79 Å². The van der Waals surface area contributed by atoms with Crippen molar-refractivity contribution in [3.8, 4) is 0 Å². The predicted octanol–water partition coefficient (Wildman–Crippen LogP) is 2.57. The molecule has 0 fully saturated rings. The summed E-state index contributed by atoms with van der Waals surface area (Å²) in [6, 6.07) is 5.24. The number of unbranched alkanes of at least 4 members (excludes halogenated alkanes) is 1. The van der Waals surface area contributed by atoms with Crippen LogP contribution in [0.3, 0.4) is 0 Å². The van der Waals surface area contributed by atoms with Crippen molar-refractivity contribution in [2.24, 2.45) is 4.99 Å². The third kappa shape index (κ3) is 6.34. The van der Waals surface area contributed by atoms with Crippen LogP contribution in [0, 0.1) is 0 Å². The van der Waals surface area contributed by atoms with Crippen LogP contribution < -0.4 is 16.2 Å². The van der Waals surface area contributed by atoms with Gasteiger partial charge in [0.05, 0.1) is 12.2 Å². The Hall–Kier alpha value is -2.15. The number of nitrogens with one attached hydrogen (secondary N) is 2. The number of aromatic nitrogens is 2. The van der Waals surface area contributed by atoms with E-state index in [4.69, 9.17) is 0 Å². The highest BCUT2D eigenvalue weighted by molar-refractivity contribution is 7.09. The molecule has 2 aromatic rings. The highest BCUT2D eigenvalue weighted by Crippen LogP contribution is 2.17. The van der Waals surface area contributed by atoms with Crippen molar-refractivity contribution < 1.29 is 0 Å². The van der Waals surface area contributed by atoms with Crippen LogP contribution in [0.1, 0.15) is 43.3 Å². The summed E-state index contributed by atoms with van der Waals surface area (Å²) in [5, 5.41) is 9.77. The monoisotopic (exact) mass is 361 g/mol. The van der Waals surface area contributed by atoms with E-state index in [1.54, 1.807) is 35.1 Å². The molecule has 0 saturated carbocycles. The zero-order valence-electron chi connectivity index (χ0n) is 15.2. The lowest BCUT2D eigenvalue weighted by Crippen LogP contribution is -2.37. The number of rotatable bonds is 8. The molecule has 7 heteroatoms. The van der Waals surface area contributed by atoms with Gasteiger partial charge in [-0.3, -0.25) is 9.79 Å². The summed E-state index contributed by atoms with van der Waals surface area (Å²) in [7, 11) is 1.76. The first-order valence-corrected chi connectivity index (χ1v) is 9.52. The zero-order chi connectivity index (χ0) is 18.1. The summed E-state index contributed by atoms with van der Waals surface area (Å²) in [6.07, 6.45) is 3.74. The molecule has 0 radical (unpaired) electrons. The average Bonchev–Trinajstić information content (AvgIpc) is 3.08. The first kappa shape index (κ1) is 19.2. The van der Waals surface area contributed by atoms with Crippen molar-refractivity contribution in [3.63, 3.8) is 0 Å². The second-order valence-electron chi connectivity index (χ2n) is 6.11. The molecule has 0 aromatic carbocycles. The Balaban J connectivity index is 1.66. The summed E-state index contributed by atoms with van der Waals surface area (Å²) in [4.78, 5) is 20.5. The zero-order valence-corrected chi connectivity index (χ0v) is 16.0. The summed E-state index contributed by atoms with van der Waals surface area (Å²) < 4.78 is 1.74. The maximum Gasteiger partial charge on any atom is 0.250 e. The molecule has 2 rings (SSSR count). The van der Waals surface area contributed by atoms with Crippen molar-refractivity contribution in [2.45, 2.75) is 45.7 Å². The number of nitrogens with zero attached hydrogens (tertiary/aromatic N) is 3. The van der Waals surface area contributed by atoms with Crippen molar-refractivity contribution in [1.29, 1.82) is 0 Å². The summed E-state index contributed by atoms with van der Waals surface area (Å²) in [5.74, 6) is 1.23. The van der Waals surface area contributed by atoms with Gasteiger partial charge in [0.1, 0.15) is 5.01 Å². The third-order valence-corrected chi connectivity index (χ3v) is 4.68. The average molecular weight is 362 g/mol. The summed E-state index contributed by atoms with van der Waals surface area (Å²) >= 11 is 1.67. The summed E-state index contributed by atoms with van der Waals surface area (Å²) in [6.45, 7) is 6.53. The highest BCUT2D eigenvalue weighted by Gasteiger charge is 2.06. The lowest BCUT2D eigenvalue weighted by atomic mass is 10.2. The number of thiazole rings is 1. The molecule has 0 unspecified atom stereocenters. The molecule has 25 heavy (non-hydrogen) atoms. The molecule has 136 valence electrons. The van der Waals surface area contributed by atoms with Gasteiger partial charge in [0, 0.05) is 37.8 Å². The number of pyridine rings is 1. The Kier molecular flexibility index (Phi) is 7.66. The standard InChI is InChI=1S/C18H27N5OS/c1-14(2)15-13-25-16(22-15)12-21-18(19-3)20-9-5-7-11-23-10-6-4-8-17(23)24/h4,6,8,10,13-14H,5,7,9,11-12H2,1-3H3,(H2,19,20,21). The van der Waals surface area contributed by atoms with Crippen LogP contribution in [0.25, 0.3) is 0 Å². The molecule has 0 aliphatic carbocycles. The van der Waals surface area contributed by atoms with Crippen LogP contribution >= 0.6 is 11.3 Å². The van der Waals surface area contributed by atoms with Gasteiger partial charge in [-0.2, -0.15) is 0 Å². The molecule has 0 aliphatic rings. The molecule has 2 N–H and O–H groups in total. The van der Waals surface area contributed by atoms with E-state index in [0.717, 1.165) is 42.6 Å². The fourth-order valence-electron chi connectivity index (χ4n) is 2.31. The van der Waals surface area contributed by atoms with Gasteiger partial charge < -0.3 is 15.2 Å². The van der Waals surface area contributed by atoms with Crippen LogP contribution in [0.15, 0.2) is 39.6 Å². The largest absolute Gasteiger partial charge is 0.356 e. The van der Waals surface area contributed by atoms with Crippen LogP contribution in [0.4, 0.5) is 0 Å². The molecule has 0 aliphatic heterocycles. The van der Waals surface area contributed by atoms with Crippen molar-refractivity contribution in [3.05, 3.63) is 50.8 Å². The molecule has 0 spiro atoms. The second-order valence-corrected chi connectivity index (χ2v) is 7.06. The van der Waals surface area contributed by atoms with Crippen molar-refractivity contribution in [1.82, 2.24) is 20.2 Å². The Morgan fingerprint density at radius 2 is 2.16 bits per heavy atom. The van der Waals surface area contributed by atoms with E-state index in [1.807, 2.05) is 12.3 Å². The van der Waals surface area contributed by atoms with Gasteiger partial charge in [0.15, 0.2) is 5.96 Å². The number of aliphatic imine (C=N–C) groups is 1. The van der Waals surface area contributed by atoms with Gasteiger partial charge in [-0.15, -0.1) is 11.3 Å². The Labute approximate surface area is 153 Å². The van der Waals surface area contributed by atoms with Gasteiger partial charge in [-0.1, -0.05) is 19.9 Å². The van der Waals surface area contributed by atoms with E-state index in [0.29, 0.717) is 12.5 Å². The van der Waals surface area contributed by atoms with E-state index in [2.05, 4.69) is 39.8 Å². The lowest BCUT2D eigenvalue weighted by Gasteiger charge is -2.11. The van der Waals surface area contributed by atoms with Gasteiger partial charge in [-0.05, 0) is 24.8 Å². The quantitative estimate of drug-likeness (QED) is 0.431. The van der Waals surface area contributed by atoms with Crippen LogP contribution in [0.5, 0.6) is 0 Å². The maximum absolute atomic E-state index is 11.6. The first-order chi connectivity index (χ1) is 12.1. The lowest BCUT2D eigenvalue weighted by molar-refractivity contribution is 0.585. The minimum atomic E-state index is 0.0529. The van der Waals surface area contributed by atoms with E-state index in [1.165, 1.54) is 0 Å². The van der Waals surface area contributed by atoms with Crippen molar-refractivity contribution >= 4 is 17.3 Å². The van der Waals surface area contributed by atoms with Crippen LogP contribution in [0.2, 0.25) is 0 Å². The molecule has 0 saturated heterocycles. The van der Waals surface area contributed by atoms with Gasteiger partial charge in [0.2, 0.25) is 5.56 Å². The van der Waals surface area contributed by atoms with E-state index >= 15 is 0 Å². The smallest absolute Gasteiger partial charge is 0.250 e. The minimum Gasteiger partial charge on any atom is -0.356 e. The molecular weight excluding hydrogens is 334 g/mol. The molecule has 6 nitrogen and oxygen atoms in total. The Morgan fingerprint density at radius 1 is 1.32 bits per heavy atom. The topological polar surface area (TPSA) is 71.3 Å². The fourth-order valence-corrected chi connectivity index (χ4v) is 3.21. The normalized spacial score (nSPS) is 11.8. The molecule has 0 amide bonds. The second kappa shape index (κ2) is 9.98. The first-order valence-electron chi connectivity index (χ1n) is 8.64. The molecule has 0 atom stereocenters. The number of hydrogen-bond donors (Lipinski definition) is 2. The molecule has 2 aromatic heterocycles. The number of aryl methyl sites for hydroxylation is 1. The van der Waals surface area contributed by atoms with Gasteiger partial charge in [-0.25, -0.2) is 4.98 Å². The molecule has 2 heterocycles.